The highest BCUT2D eigenvalue weighted by molar-refractivity contribution is 9.10. The van der Waals surface area contributed by atoms with Gasteiger partial charge in [-0.25, -0.2) is 4.39 Å². The van der Waals surface area contributed by atoms with Crippen molar-refractivity contribution in [2.75, 3.05) is 20.6 Å². The van der Waals surface area contributed by atoms with Crippen LogP contribution < -0.4 is 0 Å². The van der Waals surface area contributed by atoms with E-state index in [1.807, 2.05) is 19.0 Å². The van der Waals surface area contributed by atoms with Crippen LogP contribution in [0.4, 0.5) is 4.39 Å². The van der Waals surface area contributed by atoms with Crippen molar-refractivity contribution in [2.24, 2.45) is 0 Å². The zero-order chi connectivity index (χ0) is 15.6. The number of carbonyl (C=O) groups is 1. The third kappa shape index (κ3) is 3.70. The van der Waals surface area contributed by atoms with Gasteiger partial charge in [0.15, 0.2) is 0 Å². The largest absolute Gasteiger partial charge is 0.308 e. The number of hydrogen-bond acceptors (Lipinski definition) is 3. The molecule has 0 saturated heterocycles. The number of benzene rings is 1. The molecule has 0 radical (unpaired) electrons. The third-order valence-corrected chi connectivity index (χ3v) is 3.76. The summed E-state index contributed by atoms with van der Waals surface area (Å²) in [7, 11) is 3.85. The topological polar surface area (TPSA) is 38.1 Å². The normalized spacial score (nSPS) is 11.1. The molecule has 0 aliphatic rings. The fourth-order valence-corrected chi connectivity index (χ4v) is 2.50. The van der Waals surface area contributed by atoms with E-state index in [-0.39, 0.29) is 5.56 Å². The molecule has 1 aromatic heterocycles. The van der Waals surface area contributed by atoms with Crippen LogP contribution in [-0.2, 0) is 6.54 Å². The van der Waals surface area contributed by atoms with Gasteiger partial charge in [-0.2, -0.15) is 5.10 Å². The van der Waals surface area contributed by atoms with Crippen molar-refractivity contribution in [2.45, 2.75) is 6.54 Å². The lowest BCUT2D eigenvalue weighted by atomic mass is 10.1. The van der Waals surface area contributed by atoms with Gasteiger partial charge in [-0.3, -0.25) is 9.48 Å². The van der Waals surface area contributed by atoms with Gasteiger partial charge in [0, 0.05) is 11.6 Å². The van der Waals surface area contributed by atoms with E-state index in [9.17, 15) is 9.18 Å². The van der Waals surface area contributed by atoms with Gasteiger partial charge in [0.25, 0.3) is 0 Å². The van der Waals surface area contributed by atoms with Gasteiger partial charge in [0.2, 0.25) is 5.78 Å². The molecule has 2 aromatic rings. The molecule has 0 saturated carbocycles. The van der Waals surface area contributed by atoms with Gasteiger partial charge in [0.1, 0.15) is 11.5 Å². The Morgan fingerprint density at radius 2 is 2.19 bits per heavy atom. The maximum Gasteiger partial charge on any atom is 0.215 e. The summed E-state index contributed by atoms with van der Waals surface area (Å²) in [5, 5.41) is 4.47. The first-order valence-corrected chi connectivity index (χ1v) is 7.43. The summed E-state index contributed by atoms with van der Waals surface area (Å²) >= 11 is 9.14. The number of carbonyl (C=O) groups excluding carboxylic acids is 1. The van der Waals surface area contributed by atoms with Crippen molar-refractivity contribution >= 4 is 33.3 Å². The van der Waals surface area contributed by atoms with Crippen LogP contribution in [0.25, 0.3) is 0 Å². The molecule has 0 amide bonds. The fourth-order valence-electron chi connectivity index (χ4n) is 1.85. The third-order valence-electron chi connectivity index (χ3n) is 2.94. The predicted molar refractivity (Wildman–Crippen MR) is 83.3 cm³/mol. The highest BCUT2D eigenvalue weighted by Crippen LogP contribution is 2.23. The van der Waals surface area contributed by atoms with E-state index in [1.54, 1.807) is 4.68 Å². The van der Waals surface area contributed by atoms with Gasteiger partial charge in [-0.15, -0.1) is 0 Å². The molecule has 0 aliphatic carbocycles. The van der Waals surface area contributed by atoms with E-state index in [1.165, 1.54) is 24.4 Å². The van der Waals surface area contributed by atoms with Crippen molar-refractivity contribution in [3.05, 3.63) is 51.0 Å². The van der Waals surface area contributed by atoms with Crippen LogP contribution in [0.5, 0.6) is 0 Å². The monoisotopic (exact) mass is 373 g/mol. The average Bonchev–Trinajstić information content (AvgIpc) is 2.79. The smallest absolute Gasteiger partial charge is 0.215 e. The second kappa shape index (κ2) is 6.68. The zero-order valence-electron chi connectivity index (χ0n) is 11.6. The minimum atomic E-state index is -0.600. The summed E-state index contributed by atoms with van der Waals surface area (Å²) < 4.78 is 16.0. The summed E-state index contributed by atoms with van der Waals surface area (Å²) in [5.74, 6) is -1.05. The second-order valence-electron chi connectivity index (χ2n) is 4.82. The van der Waals surface area contributed by atoms with Crippen molar-refractivity contribution in [1.29, 1.82) is 0 Å². The Morgan fingerprint density at radius 1 is 1.48 bits per heavy atom. The second-order valence-corrected chi connectivity index (χ2v) is 6.11. The number of aromatic nitrogens is 2. The molecular formula is C14H14BrClFN3O. The van der Waals surface area contributed by atoms with E-state index < -0.39 is 11.6 Å². The molecule has 112 valence electrons. The molecule has 0 aliphatic heterocycles. The SMILES string of the molecule is CN(C)CCn1ncc(Br)c1C(=O)c1cc(Cl)ccc1F. The van der Waals surface area contributed by atoms with E-state index in [0.29, 0.717) is 28.3 Å². The average molecular weight is 375 g/mol. The lowest BCUT2D eigenvalue weighted by Crippen LogP contribution is -2.22. The summed E-state index contributed by atoms with van der Waals surface area (Å²) in [6, 6.07) is 3.92. The minimum absolute atomic E-state index is 0.0604. The Balaban J connectivity index is 2.39. The first-order valence-electron chi connectivity index (χ1n) is 6.26. The number of halogens is 3. The van der Waals surface area contributed by atoms with Gasteiger partial charge < -0.3 is 4.90 Å². The van der Waals surface area contributed by atoms with Crippen molar-refractivity contribution in [1.82, 2.24) is 14.7 Å². The van der Waals surface area contributed by atoms with Gasteiger partial charge in [-0.05, 0) is 48.2 Å². The molecule has 21 heavy (non-hydrogen) atoms. The van der Waals surface area contributed by atoms with Crippen LogP contribution in [0.3, 0.4) is 0 Å². The van der Waals surface area contributed by atoms with Crippen LogP contribution in [0.1, 0.15) is 16.1 Å². The maximum atomic E-state index is 13.9. The van der Waals surface area contributed by atoms with E-state index in [0.717, 1.165) is 0 Å². The molecule has 7 heteroatoms. The standard InChI is InChI=1S/C14H14BrClFN3O/c1-19(2)5-6-20-13(11(15)8-18-20)14(21)10-7-9(16)3-4-12(10)17/h3-4,7-8H,5-6H2,1-2H3. The molecule has 4 nitrogen and oxygen atoms in total. The Morgan fingerprint density at radius 3 is 2.86 bits per heavy atom. The molecule has 0 bridgehead atoms. The molecule has 0 unspecified atom stereocenters. The molecule has 0 fully saturated rings. The highest BCUT2D eigenvalue weighted by Gasteiger charge is 2.22. The molecular weight excluding hydrogens is 361 g/mol. The zero-order valence-corrected chi connectivity index (χ0v) is 13.9. The van der Waals surface area contributed by atoms with E-state index >= 15 is 0 Å². The van der Waals surface area contributed by atoms with Crippen LogP contribution in [0.2, 0.25) is 5.02 Å². The van der Waals surface area contributed by atoms with Crippen molar-refractivity contribution in [3.8, 4) is 0 Å². The molecule has 0 N–H and O–H groups in total. The Kier molecular flexibility index (Phi) is 5.13. The first kappa shape index (κ1) is 16.1. The number of likely N-dealkylation sites (N-methyl/N-ethyl adjacent to an activating group) is 1. The van der Waals surface area contributed by atoms with E-state index in [4.69, 9.17) is 11.6 Å². The first-order chi connectivity index (χ1) is 9.90. The number of nitrogens with zero attached hydrogens (tertiary/aromatic N) is 3. The van der Waals surface area contributed by atoms with Gasteiger partial charge >= 0.3 is 0 Å². The number of ketones is 1. The molecule has 1 heterocycles. The van der Waals surface area contributed by atoms with Crippen LogP contribution in [0, 0.1) is 5.82 Å². The minimum Gasteiger partial charge on any atom is -0.308 e. The van der Waals surface area contributed by atoms with Crippen molar-refractivity contribution < 1.29 is 9.18 Å². The lowest BCUT2D eigenvalue weighted by Gasteiger charge is -2.12. The maximum absolute atomic E-state index is 13.9. The van der Waals surface area contributed by atoms with Gasteiger partial charge in [-0.1, -0.05) is 11.6 Å². The number of rotatable bonds is 5. The molecule has 0 atom stereocenters. The summed E-state index contributed by atoms with van der Waals surface area (Å²) in [4.78, 5) is 14.5. The molecule has 0 spiro atoms. The Labute approximate surface area is 135 Å². The van der Waals surface area contributed by atoms with Crippen LogP contribution >= 0.6 is 27.5 Å². The quantitative estimate of drug-likeness (QED) is 0.754. The fraction of sp³-hybridized carbons (Fsp3) is 0.286. The molecule has 1 aromatic carbocycles. The molecule has 2 rings (SSSR count). The highest BCUT2D eigenvalue weighted by atomic mass is 79.9. The van der Waals surface area contributed by atoms with E-state index in [2.05, 4.69) is 21.0 Å². The van der Waals surface area contributed by atoms with Crippen LogP contribution in [0.15, 0.2) is 28.9 Å². The number of hydrogen-bond donors (Lipinski definition) is 0. The van der Waals surface area contributed by atoms with Crippen LogP contribution in [-0.4, -0.2) is 41.1 Å². The summed E-state index contributed by atoms with van der Waals surface area (Å²) in [6.07, 6.45) is 1.53. The Hall–Kier alpha value is -1.24. The lowest BCUT2D eigenvalue weighted by molar-refractivity contribution is 0.102. The predicted octanol–water partition coefficient (Wildman–Crippen LogP) is 3.23. The summed E-state index contributed by atoms with van der Waals surface area (Å²) in [6.45, 7) is 1.24. The summed E-state index contributed by atoms with van der Waals surface area (Å²) in [5.41, 5.74) is 0.257. The van der Waals surface area contributed by atoms with Gasteiger partial charge in [0.05, 0.1) is 22.8 Å². The van der Waals surface area contributed by atoms with Crippen molar-refractivity contribution in [3.63, 3.8) is 0 Å². The Bertz CT molecular complexity index is 672.